The van der Waals surface area contributed by atoms with Crippen LogP contribution in [-0.2, 0) is 12.8 Å². The number of amides is 1. The number of fused-ring (bicyclic) bond motifs is 3. The minimum Gasteiger partial charge on any atom is -0.461 e. The summed E-state index contributed by atoms with van der Waals surface area (Å²) in [6.07, 6.45) is 5.95. The first kappa shape index (κ1) is 15.8. The third kappa shape index (κ3) is 3.00. The second kappa shape index (κ2) is 6.29. The predicted molar refractivity (Wildman–Crippen MR) is 95.7 cm³/mol. The van der Waals surface area contributed by atoms with Gasteiger partial charge >= 0.3 is 0 Å². The van der Waals surface area contributed by atoms with Crippen molar-refractivity contribution in [2.24, 2.45) is 0 Å². The summed E-state index contributed by atoms with van der Waals surface area (Å²) in [5, 5.41) is 3.98. The molecular formula is C19H20N4O2. The van der Waals surface area contributed by atoms with E-state index in [1.807, 2.05) is 18.2 Å². The number of hydrogen-bond donors (Lipinski definition) is 1. The van der Waals surface area contributed by atoms with Gasteiger partial charge in [-0.15, -0.1) is 0 Å². The fraction of sp³-hybridized carbons (Fsp3) is 0.316. The van der Waals surface area contributed by atoms with Crippen LogP contribution < -0.4 is 5.32 Å². The molecule has 0 bridgehead atoms. The van der Waals surface area contributed by atoms with E-state index in [2.05, 4.69) is 34.3 Å². The molecule has 25 heavy (non-hydrogen) atoms. The zero-order chi connectivity index (χ0) is 17.4. The van der Waals surface area contributed by atoms with Gasteiger partial charge in [-0.1, -0.05) is 0 Å². The van der Waals surface area contributed by atoms with Crippen LogP contribution >= 0.6 is 0 Å². The molecule has 1 unspecified atom stereocenters. The van der Waals surface area contributed by atoms with E-state index in [1.54, 1.807) is 12.3 Å². The first-order chi connectivity index (χ1) is 12.1. The summed E-state index contributed by atoms with van der Waals surface area (Å²) in [5.74, 6) is 0.831. The van der Waals surface area contributed by atoms with Crippen LogP contribution in [0.2, 0.25) is 0 Å². The lowest BCUT2D eigenvalue weighted by atomic mass is 9.91. The first-order valence-electron chi connectivity index (χ1n) is 8.40. The molecule has 0 fully saturated rings. The van der Waals surface area contributed by atoms with Crippen molar-refractivity contribution in [1.82, 2.24) is 14.9 Å². The number of nitrogens with one attached hydrogen (secondary N) is 1. The molecule has 1 atom stereocenters. The molecule has 0 aliphatic heterocycles. The normalized spacial score (nSPS) is 16.8. The molecule has 1 aliphatic carbocycles. The zero-order valence-electron chi connectivity index (χ0n) is 14.3. The lowest BCUT2D eigenvalue weighted by Gasteiger charge is -2.27. The van der Waals surface area contributed by atoms with E-state index in [4.69, 9.17) is 4.42 Å². The molecule has 4 rings (SSSR count). The van der Waals surface area contributed by atoms with Gasteiger partial charge in [0.05, 0.1) is 0 Å². The Morgan fingerprint density at radius 1 is 1.32 bits per heavy atom. The quantitative estimate of drug-likeness (QED) is 0.796. The summed E-state index contributed by atoms with van der Waals surface area (Å²) < 4.78 is 6.01. The van der Waals surface area contributed by atoms with Crippen LogP contribution in [-0.4, -0.2) is 40.9 Å². The molecule has 6 heteroatoms. The fourth-order valence-corrected chi connectivity index (χ4v) is 3.40. The Kier molecular flexibility index (Phi) is 3.97. The number of aromatic nitrogens is 2. The van der Waals surface area contributed by atoms with Crippen molar-refractivity contribution in [3.63, 3.8) is 0 Å². The number of nitrogens with zero attached hydrogens (tertiary/aromatic N) is 3. The van der Waals surface area contributed by atoms with E-state index in [9.17, 15) is 4.79 Å². The fourth-order valence-electron chi connectivity index (χ4n) is 3.40. The molecule has 0 saturated carbocycles. The number of carbonyl (C=O) groups is 1. The Morgan fingerprint density at radius 2 is 2.20 bits per heavy atom. The molecule has 1 aliphatic rings. The zero-order valence-corrected chi connectivity index (χ0v) is 14.3. The van der Waals surface area contributed by atoms with Crippen molar-refractivity contribution in [3.8, 4) is 0 Å². The second-order valence-corrected chi connectivity index (χ2v) is 6.62. The van der Waals surface area contributed by atoms with Crippen molar-refractivity contribution in [1.29, 1.82) is 0 Å². The standard InChI is InChI=1S/C19H20N4O2/c1-23(2)13-4-6-18-15(10-13)14-9-12(3-5-17(14)25-18)22-19(24)16-7-8-20-11-21-16/h3,5,7-9,11,13H,4,6,10H2,1-2H3,(H,22,24). The highest BCUT2D eigenvalue weighted by Gasteiger charge is 2.25. The van der Waals surface area contributed by atoms with Gasteiger partial charge < -0.3 is 14.6 Å². The topological polar surface area (TPSA) is 71.3 Å². The molecule has 3 aromatic rings. The highest BCUT2D eigenvalue weighted by atomic mass is 16.3. The van der Waals surface area contributed by atoms with E-state index in [-0.39, 0.29) is 5.91 Å². The minimum absolute atomic E-state index is 0.245. The molecule has 128 valence electrons. The molecule has 1 aromatic carbocycles. The summed E-state index contributed by atoms with van der Waals surface area (Å²) in [7, 11) is 4.23. The van der Waals surface area contributed by atoms with E-state index >= 15 is 0 Å². The Bertz CT molecular complexity index is 918. The van der Waals surface area contributed by atoms with Crippen LogP contribution in [0.3, 0.4) is 0 Å². The third-order valence-electron chi connectivity index (χ3n) is 4.82. The van der Waals surface area contributed by atoms with Crippen LogP contribution in [0.4, 0.5) is 5.69 Å². The van der Waals surface area contributed by atoms with Gasteiger partial charge in [-0.25, -0.2) is 9.97 Å². The Balaban J connectivity index is 1.64. The lowest BCUT2D eigenvalue weighted by Crippen LogP contribution is -2.33. The predicted octanol–water partition coefficient (Wildman–Crippen LogP) is 2.89. The van der Waals surface area contributed by atoms with Crippen molar-refractivity contribution < 1.29 is 9.21 Å². The van der Waals surface area contributed by atoms with Gasteiger partial charge in [0.15, 0.2) is 0 Å². The molecule has 2 aromatic heterocycles. The van der Waals surface area contributed by atoms with E-state index in [0.717, 1.165) is 41.7 Å². The van der Waals surface area contributed by atoms with Gasteiger partial charge in [-0.2, -0.15) is 0 Å². The maximum absolute atomic E-state index is 12.3. The SMILES string of the molecule is CN(C)C1CCc2oc3ccc(NC(=O)c4ccncn4)cc3c2C1. The molecular weight excluding hydrogens is 316 g/mol. The van der Waals surface area contributed by atoms with Crippen molar-refractivity contribution in [2.75, 3.05) is 19.4 Å². The van der Waals surface area contributed by atoms with Gasteiger partial charge in [0.2, 0.25) is 0 Å². The van der Waals surface area contributed by atoms with Crippen LogP contribution in [0.15, 0.2) is 41.2 Å². The van der Waals surface area contributed by atoms with Crippen LogP contribution in [0, 0.1) is 0 Å². The van der Waals surface area contributed by atoms with E-state index in [0.29, 0.717) is 11.7 Å². The average molecular weight is 336 g/mol. The maximum Gasteiger partial charge on any atom is 0.274 e. The number of rotatable bonds is 3. The number of benzene rings is 1. The van der Waals surface area contributed by atoms with Crippen LogP contribution in [0.25, 0.3) is 11.0 Å². The Morgan fingerprint density at radius 3 is 2.96 bits per heavy atom. The van der Waals surface area contributed by atoms with Gasteiger partial charge in [-0.3, -0.25) is 4.79 Å². The van der Waals surface area contributed by atoms with Gasteiger partial charge in [0.1, 0.15) is 23.4 Å². The monoisotopic (exact) mass is 336 g/mol. The Labute approximate surface area is 145 Å². The van der Waals surface area contributed by atoms with Crippen molar-refractivity contribution in [2.45, 2.75) is 25.3 Å². The van der Waals surface area contributed by atoms with Crippen LogP contribution in [0.5, 0.6) is 0 Å². The third-order valence-corrected chi connectivity index (χ3v) is 4.82. The maximum atomic E-state index is 12.3. The van der Waals surface area contributed by atoms with E-state index in [1.165, 1.54) is 11.9 Å². The van der Waals surface area contributed by atoms with E-state index < -0.39 is 0 Å². The van der Waals surface area contributed by atoms with Crippen LogP contribution in [0.1, 0.15) is 28.2 Å². The first-order valence-corrected chi connectivity index (χ1v) is 8.40. The second-order valence-electron chi connectivity index (χ2n) is 6.62. The minimum atomic E-state index is -0.245. The van der Waals surface area contributed by atoms with Gasteiger partial charge in [-0.05, 0) is 51.2 Å². The summed E-state index contributed by atoms with van der Waals surface area (Å²) in [6.45, 7) is 0. The molecule has 1 N–H and O–H groups in total. The van der Waals surface area contributed by atoms with Gasteiger partial charge in [0.25, 0.3) is 5.91 Å². The molecule has 0 radical (unpaired) electrons. The highest BCUT2D eigenvalue weighted by molar-refractivity contribution is 6.03. The number of furan rings is 1. The summed E-state index contributed by atoms with van der Waals surface area (Å²) in [6, 6.07) is 7.89. The number of likely N-dealkylation sites (N-methyl/N-ethyl adjacent to an activating group) is 1. The van der Waals surface area contributed by atoms with Gasteiger partial charge in [0, 0.05) is 35.3 Å². The molecule has 0 spiro atoms. The summed E-state index contributed by atoms with van der Waals surface area (Å²) in [5.41, 5.74) is 3.23. The summed E-state index contributed by atoms with van der Waals surface area (Å²) in [4.78, 5) is 22.4. The number of aryl methyl sites for hydroxylation is 1. The van der Waals surface area contributed by atoms with Crippen molar-refractivity contribution in [3.05, 3.63) is 53.8 Å². The number of hydrogen-bond acceptors (Lipinski definition) is 5. The smallest absolute Gasteiger partial charge is 0.274 e. The molecule has 2 heterocycles. The largest absolute Gasteiger partial charge is 0.461 e. The van der Waals surface area contributed by atoms with Crippen molar-refractivity contribution >= 4 is 22.6 Å². The number of carbonyl (C=O) groups excluding carboxylic acids is 1. The molecule has 0 saturated heterocycles. The molecule has 1 amide bonds. The average Bonchev–Trinajstić information content (AvgIpc) is 2.99. The summed E-state index contributed by atoms with van der Waals surface area (Å²) >= 11 is 0. The Hall–Kier alpha value is -2.73. The lowest BCUT2D eigenvalue weighted by molar-refractivity contribution is 0.102. The highest BCUT2D eigenvalue weighted by Crippen LogP contribution is 2.34. The molecule has 6 nitrogen and oxygen atoms in total. The number of anilines is 1.